The van der Waals surface area contributed by atoms with Gasteiger partial charge in [0.1, 0.15) is 0 Å². The number of fused-ring (bicyclic) bond motifs is 5. The summed E-state index contributed by atoms with van der Waals surface area (Å²) in [5.41, 5.74) is 0. The van der Waals surface area contributed by atoms with Crippen LogP contribution in [-0.4, -0.2) is 48.9 Å². The summed E-state index contributed by atoms with van der Waals surface area (Å²) < 4.78 is 0. The molecule has 5 aliphatic rings. The predicted octanol–water partition coefficient (Wildman–Crippen LogP) is 1.39. The zero-order valence-electron chi connectivity index (χ0n) is 15.1. The molecule has 2 aliphatic heterocycles. The fourth-order valence-electron chi connectivity index (χ4n) is 6.57. The summed E-state index contributed by atoms with van der Waals surface area (Å²) in [6.45, 7) is 3.46. The predicted molar refractivity (Wildman–Crippen MR) is 94.6 cm³/mol. The number of nitrogens with one attached hydrogen (secondary N) is 2. The summed E-state index contributed by atoms with van der Waals surface area (Å²) in [7, 11) is 0. The maximum absolute atomic E-state index is 13.0. The number of likely N-dealkylation sites (tertiary alicyclic amines) is 1. The van der Waals surface area contributed by atoms with E-state index in [-0.39, 0.29) is 11.9 Å². The van der Waals surface area contributed by atoms with Crippen LogP contribution in [0.2, 0.25) is 0 Å². The molecule has 2 heterocycles. The van der Waals surface area contributed by atoms with Gasteiger partial charge in [-0.1, -0.05) is 0 Å². The van der Waals surface area contributed by atoms with Crippen LogP contribution in [0.15, 0.2) is 0 Å². The van der Waals surface area contributed by atoms with Crippen molar-refractivity contribution in [3.8, 4) is 0 Å². The second-order valence-electron chi connectivity index (χ2n) is 9.20. The van der Waals surface area contributed by atoms with Crippen molar-refractivity contribution in [3.63, 3.8) is 0 Å². The first-order chi connectivity index (χ1) is 12.2. The van der Waals surface area contributed by atoms with E-state index in [2.05, 4.69) is 15.5 Å². The zero-order valence-corrected chi connectivity index (χ0v) is 15.1. The highest BCUT2D eigenvalue weighted by Gasteiger charge is 2.68. The molecule has 25 heavy (non-hydrogen) atoms. The van der Waals surface area contributed by atoms with Crippen LogP contribution >= 0.6 is 0 Å². The monoisotopic (exact) mass is 345 g/mol. The molecule has 2 saturated heterocycles. The Morgan fingerprint density at radius 3 is 2.56 bits per heavy atom. The molecule has 0 aromatic heterocycles. The van der Waals surface area contributed by atoms with E-state index in [4.69, 9.17) is 0 Å². The van der Waals surface area contributed by atoms with Gasteiger partial charge in [-0.2, -0.15) is 0 Å². The molecule has 138 valence electrons. The molecule has 5 rings (SSSR count). The quantitative estimate of drug-likeness (QED) is 0.809. The molecular weight excluding hydrogens is 314 g/mol. The first-order valence-electron chi connectivity index (χ1n) is 10.5. The Balaban J connectivity index is 1.12. The third-order valence-electron chi connectivity index (χ3n) is 7.79. The maximum atomic E-state index is 13.0. The number of amides is 2. The lowest BCUT2D eigenvalue weighted by atomic mass is 9.96. The highest BCUT2D eigenvalue weighted by molar-refractivity contribution is 5.83. The largest absolute Gasteiger partial charge is 0.354 e. The molecule has 0 radical (unpaired) electrons. The number of rotatable bonds is 4. The van der Waals surface area contributed by atoms with Gasteiger partial charge in [0.25, 0.3) is 0 Å². The summed E-state index contributed by atoms with van der Waals surface area (Å²) in [5, 5.41) is 6.38. The van der Waals surface area contributed by atoms with Gasteiger partial charge in [0.2, 0.25) is 11.8 Å². The fraction of sp³-hybridized carbons (Fsp3) is 0.900. The lowest BCUT2D eigenvalue weighted by Crippen LogP contribution is -2.47. The van der Waals surface area contributed by atoms with E-state index in [0.717, 1.165) is 75.5 Å². The Hall–Kier alpha value is -1.10. The van der Waals surface area contributed by atoms with Gasteiger partial charge in [-0.05, 0) is 81.1 Å². The van der Waals surface area contributed by atoms with E-state index in [1.807, 2.05) is 0 Å². The second kappa shape index (κ2) is 6.26. The van der Waals surface area contributed by atoms with E-state index in [1.54, 1.807) is 0 Å². The molecule has 3 aliphatic carbocycles. The van der Waals surface area contributed by atoms with Crippen molar-refractivity contribution in [2.45, 2.75) is 51.0 Å². The summed E-state index contributed by atoms with van der Waals surface area (Å²) in [4.78, 5) is 27.3. The summed E-state index contributed by atoms with van der Waals surface area (Å²) in [6, 6.07) is 0.00244. The first kappa shape index (κ1) is 16.1. The lowest BCUT2D eigenvalue weighted by molar-refractivity contribution is -0.135. The summed E-state index contributed by atoms with van der Waals surface area (Å²) in [5.74, 6) is 4.58. The third kappa shape index (κ3) is 2.79. The molecule has 5 fully saturated rings. The minimum absolute atomic E-state index is 0.00244. The van der Waals surface area contributed by atoms with Gasteiger partial charge in [-0.15, -0.1) is 0 Å². The Kier molecular flexibility index (Phi) is 4.03. The highest BCUT2D eigenvalue weighted by Crippen LogP contribution is 2.69. The Morgan fingerprint density at radius 1 is 1.04 bits per heavy atom. The molecule has 5 nitrogen and oxygen atoms in total. The molecular formula is C20H31N3O2. The van der Waals surface area contributed by atoms with Gasteiger partial charge < -0.3 is 15.5 Å². The highest BCUT2D eigenvalue weighted by atomic mass is 16.2. The van der Waals surface area contributed by atoms with E-state index < -0.39 is 0 Å². The van der Waals surface area contributed by atoms with Crippen LogP contribution in [0, 0.1) is 35.5 Å². The zero-order chi connectivity index (χ0) is 17.0. The van der Waals surface area contributed by atoms with Crippen molar-refractivity contribution in [2.75, 3.05) is 26.2 Å². The topological polar surface area (TPSA) is 61.4 Å². The van der Waals surface area contributed by atoms with Crippen LogP contribution in [-0.2, 0) is 9.59 Å². The normalized spacial score (nSPS) is 44.6. The molecule has 3 saturated carbocycles. The van der Waals surface area contributed by atoms with Crippen molar-refractivity contribution in [3.05, 3.63) is 0 Å². The fourth-order valence-corrected chi connectivity index (χ4v) is 6.57. The van der Waals surface area contributed by atoms with E-state index in [0.29, 0.717) is 17.7 Å². The van der Waals surface area contributed by atoms with Gasteiger partial charge >= 0.3 is 0 Å². The van der Waals surface area contributed by atoms with Gasteiger partial charge in [0, 0.05) is 25.6 Å². The van der Waals surface area contributed by atoms with E-state index in [1.165, 1.54) is 19.3 Å². The van der Waals surface area contributed by atoms with Crippen LogP contribution < -0.4 is 10.6 Å². The Bertz CT molecular complexity index is 543. The van der Waals surface area contributed by atoms with Crippen molar-refractivity contribution in [2.24, 2.45) is 35.5 Å². The van der Waals surface area contributed by atoms with Gasteiger partial charge in [-0.3, -0.25) is 9.59 Å². The second-order valence-corrected chi connectivity index (χ2v) is 9.20. The Labute approximate surface area is 150 Å². The van der Waals surface area contributed by atoms with Crippen molar-refractivity contribution >= 4 is 11.8 Å². The minimum Gasteiger partial charge on any atom is -0.354 e. The smallest absolute Gasteiger partial charge is 0.237 e. The molecule has 7 atom stereocenters. The maximum Gasteiger partial charge on any atom is 0.237 e. The van der Waals surface area contributed by atoms with Crippen LogP contribution in [0.3, 0.4) is 0 Å². The van der Waals surface area contributed by atoms with Crippen molar-refractivity contribution < 1.29 is 9.59 Å². The number of piperidine rings is 1. The molecule has 2 amide bonds. The average Bonchev–Trinajstić information content (AvgIpc) is 3.07. The van der Waals surface area contributed by atoms with Gasteiger partial charge in [0.05, 0.1) is 6.04 Å². The molecule has 0 aromatic rings. The van der Waals surface area contributed by atoms with Crippen LogP contribution in [0.1, 0.15) is 44.9 Å². The van der Waals surface area contributed by atoms with Crippen molar-refractivity contribution in [1.82, 2.24) is 15.5 Å². The third-order valence-corrected chi connectivity index (χ3v) is 7.79. The molecule has 5 heteroatoms. The number of carbonyl (C=O) groups is 2. The minimum atomic E-state index is 0.00244. The SMILES string of the molecule is O=C(NC[C@@H]1CCCN(C(=O)C2[C@@H]3[C@H]4CC[C@@H](C4)[C@H]23)C1)[C@@H]1CCCN1. The number of hydrogen-bond donors (Lipinski definition) is 2. The molecule has 1 unspecified atom stereocenters. The number of carbonyl (C=O) groups excluding carboxylic acids is 2. The Morgan fingerprint density at radius 2 is 1.84 bits per heavy atom. The summed E-state index contributed by atoms with van der Waals surface area (Å²) in [6.07, 6.45) is 8.42. The van der Waals surface area contributed by atoms with Crippen LogP contribution in [0.5, 0.6) is 0 Å². The molecule has 2 N–H and O–H groups in total. The molecule has 2 bridgehead atoms. The average molecular weight is 345 g/mol. The lowest BCUT2D eigenvalue weighted by Gasteiger charge is -2.33. The standard InChI is InChI=1S/C20H31N3O2/c24-19(15-4-1-7-21-15)22-10-12-3-2-8-23(11-12)20(25)18-16-13-5-6-14(9-13)17(16)18/h12-18,21H,1-11H2,(H,22,24)/t12-,13-,14-,15-,16-,17+,18?/m0/s1. The number of nitrogens with zero attached hydrogens (tertiary/aromatic N) is 1. The molecule has 0 spiro atoms. The number of hydrogen-bond acceptors (Lipinski definition) is 3. The van der Waals surface area contributed by atoms with Crippen LogP contribution in [0.4, 0.5) is 0 Å². The molecule has 0 aromatic carbocycles. The van der Waals surface area contributed by atoms with E-state index in [9.17, 15) is 9.59 Å². The first-order valence-corrected chi connectivity index (χ1v) is 10.5. The van der Waals surface area contributed by atoms with Gasteiger partial charge in [0.15, 0.2) is 0 Å². The van der Waals surface area contributed by atoms with Gasteiger partial charge in [-0.25, -0.2) is 0 Å². The van der Waals surface area contributed by atoms with Crippen LogP contribution in [0.25, 0.3) is 0 Å². The van der Waals surface area contributed by atoms with Crippen molar-refractivity contribution in [1.29, 1.82) is 0 Å². The summed E-state index contributed by atoms with van der Waals surface area (Å²) >= 11 is 0. The van der Waals surface area contributed by atoms with E-state index >= 15 is 0 Å².